The summed E-state index contributed by atoms with van der Waals surface area (Å²) in [5, 5.41) is 16.6. The molecule has 0 heterocycles. The maximum Gasteiger partial charge on any atom is 0.294 e. The van der Waals surface area contributed by atoms with Gasteiger partial charge in [0.2, 0.25) is 0 Å². The smallest absolute Gasteiger partial charge is 0.294 e. The SMILES string of the molecule is C[C@@H](CO)CCO.Cc1ccccc1S(=O)(=O)O.Cc1ccccc1S(=O)(=O)O. The van der Waals surface area contributed by atoms with E-state index < -0.39 is 20.2 Å². The van der Waals surface area contributed by atoms with E-state index in [1.807, 2.05) is 6.92 Å². The lowest BCUT2D eigenvalue weighted by Gasteiger charge is -2.01. The van der Waals surface area contributed by atoms with Gasteiger partial charge in [-0.2, -0.15) is 16.8 Å². The summed E-state index contributed by atoms with van der Waals surface area (Å²) in [4.78, 5) is -0.0556. The normalized spacial score (nSPS) is 12.1. The minimum Gasteiger partial charge on any atom is -0.396 e. The highest BCUT2D eigenvalue weighted by atomic mass is 32.2. The van der Waals surface area contributed by atoms with Crippen molar-refractivity contribution in [1.29, 1.82) is 0 Å². The van der Waals surface area contributed by atoms with Gasteiger partial charge in [0.15, 0.2) is 0 Å². The van der Waals surface area contributed by atoms with E-state index in [9.17, 15) is 16.8 Å². The topological polar surface area (TPSA) is 149 Å². The Bertz CT molecular complexity index is 880. The van der Waals surface area contributed by atoms with Crippen LogP contribution in [0.2, 0.25) is 0 Å². The fraction of sp³-hybridized carbons (Fsp3) is 0.368. The Morgan fingerprint density at radius 1 is 0.759 bits per heavy atom. The van der Waals surface area contributed by atoms with Gasteiger partial charge in [-0.1, -0.05) is 43.3 Å². The van der Waals surface area contributed by atoms with E-state index in [2.05, 4.69) is 0 Å². The van der Waals surface area contributed by atoms with Crippen molar-refractivity contribution in [3.8, 4) is 0 Å². The lowest BCUT2D eigenvalue weighted by atomic mass is 10.1. The maximum absolute atomic E-state index is 10.6. The molecular weight excluding hydrogens is 420 g/mol. The highest BCUT2D eigenvalue weighted by Gasteiger charge is 2.11. The summed E-state index contributed by atoms with van der Waals surface area (Å²) < 4.78 is 59.7. The fourth-order valence-electron chi connectivity index (χ4n) is 2.00. The van der Waals surface area contributed by atoms with E-state index in [4.69, 9.17) is 19.3 Å². The van der Waals surface area contributed by atoms with E-state index in [-0.39, 0.29) is 28.9 Å². The second-order valence-electron chi connectivity index (χ2n) is 6.28. The Balaban J connectivity index is 0.000000419. The van der Waals surface area contributed by atoms with Crippen molar-refractivity contribution in [1.82, 2.24) is 0 Å². The van der Waals surface area contributed by atoms with Crippen molar-refractivity contribution in [2.24, 2.45) is 5.92 Å². The Labute approximate surface area is 172 Å². The first-order chi connectivity index (χ1) is 13.3. The average Bonchev–Trinajstić information content (AvgIpc) is 2.62. The second-order valence-corrected chi connectivity index (χ2v) is 9.06. The minimum atomic E-state index is -4.03. The average molecular weight is 449 g/mol. The Morgan fingerprint density at radius 2 is 1.10 bits per heavy atom. The second kappa shape index (κ2) is 12.7. The molecule has 0 amide bonds. The lowest BCUT2D eigenvalue weighted by Crippen LogP contribution is -2.01. The van der Waals surface area contributed by atoms with E-state index in [1.165, 1.54) is 12.1 Å². The third-order valence-electron chi connectivity index (χ3n) is 3.68. The molecule has 0 spiro atoms. The summed E-state index contributed by atoms with van der Waals surface area (Å²) in [6, 6.07) is 12.5. The van der Waals surface area contributed by atoms with Crippen LogP contribution in [0.5, 0.6) is 0 Å². The van der Waals surface area contributed by atoms with Crippen molar-refractivity contribution < 1.29 is 36.2 Å². The first-order valence-electron chi connectivity index (χ1n) is 8.62. The van der Waals surface area contributed by atoms with E-state index in [0.29, 0.717) is 17.5 Å². The zero-order valence-corrected chi connectivity index (χ0v) is 18.2. The minimum absolute atomic E-state index is 0.0278. The standard InChI is InChI=1S/2C7H8O3S.C5H12O2/c2*1-6-4-2-3-5-7(6)11(8,9)10;1-5(4-7)2-3-6/h2*2-5H,1H3,(H,8,9,10);5-7H,2-4H2,1H3/t;;5-/m..1/s1. The van der Waals surface area contributed by atoms with Crippen LogP contribution in [0.4, 0.5) is 0 Å². The molecule has 2 aromatic rings. The van der Waals surface area contributed by atoms with Crippen LogP contribution in [0.1, 0.15) is 24.5 Å². The van der Waals surface area contributed by atoms with Gasteiger partial charge in [0.05, 0.1) is 9.79 Å². The van der Waals surface area contributed by atoms with Gasteiger partial charge < -0.3 is 10.2 Å². The van der Waals surface area contributed by atoms with Gasteiger partial charge in [0, 0.05) is 13.2 Å². The van der Waals surface area contributed by atoms with E-state index >= 15 is 0 Å². The molecule has 2 aromatic carbocycles. The van der Waals surface area contributed by atoms with Crippen molar-refractivity contribution in [3.63, 3.8) is 0 Å². The monoisotopic (exact) mass is 448 g/mol. The molecule has 0 bridgehead atoms. The van der Waals surface area contributed by atoms with Crippen LogP contribution in [0, 0.1) is 19.8 Å². The number of benzene rings is 2. The van der Waals surface area contributed by atoms with Gasteiger partial charge >= 0.3 is 0 Å². The zero-order chi connectivity index (χ0) is 22.7. The molecule has 0 fully saturated rings. The molecule has 164 valence electrons. The van der Waals surface area contributed by atoms with Crippen LogP contribution in [-0.2, 0) is 20.2 Å². The molecule has 0 aliphatic rings. The van der Waals surface area contributed by atoms with Crippen LogP contribution in [0.25, 0.3) is 0 Å². The largest absolute Gasteiger partial charge is 0.396 e. The molecule has 2 rings (SSSR count). The predicted molar refractivity (Wildman–Crippen MR) is 110 cm³/mol. The van der Waals surface area contributed by atoms with Crippen molar-refractivity contribution in [2.75, 3.05) is 13.2 Å². The Hall–Kier alpha value is -1.82. The summed E-state index contributed by atoms with van der Waals surface area (Å²) >= 11 is 0. The molecule has 8 nitrogen and oxygen atoms in total. The molecule has 0 aliphatic heterocycles. The van der Waals surface area contributed by atoms with Crippen molar-refractivity contribution >= 4 is 20.2 Å². The molecule has 29 heavy (non-hydrogen) atoms. The Kier molecular flexibility index (Phi) is 11.9. The molecule has 0 saturated carbocycles. The molecule has 0 unspecified atom stereocenters. The molecule has 0 saturated heterocycles. The summed E-state index contributed by atoms with van der Waals surface area (Å²) in [6.07, 6.45) is 0.705. The summed E-state index contributed by atoms with van der Waals surface area (Å²) in [6.45, 7) is 5.52. The number of aryl methyl sites for hydroxylation is 2. The number of rotatable bonds is 5. The maximum atomic E-state index is 10.6. The van der Waals surface area contributed by atoms with Crippen LogP contribution < -0.4 is 0 Å². The van der Waals surface area contributed by atoms with Crippen LogP contribution in [0.3, 0.4) is 0 Å². The first kappa shape index (κ1) is 27.2. The van der Waals surface area contributed by atoms with E-state index in [0.717, 1.165) is 0 Å². The molecule has 0 radical (unpaired) electrons. The fourth-order valence-corrected chi connectivity index (χ4v) is 3.45. The lowest BCUT2D eigenvalue weighted by molar-refractivity contribution is 0.194. The van der Waals surface area contributed by atoms with Gasteiger partial charge in [0.1, 0.15) is 0 Å². The van der Waals surface area contributed by atoms with E-state index in [1.54, 1.807) is 50.2 Å². The van der Waals surface area contributed by atoms with Gasteiger partial charge in [-0.25, -0.2) is 0 Å². The third kappa shape index (κ3) is 11.1. The van der Waals surface area contributed by atoms with Gasteiger partial charge in [-0.15, -0.1) is 0 Å². The number of aliphatic hydroxyl groups excluding tert-OH is 2. The van der Waals surface area contributed by atoms with Crippen molar-refractivity contribution in [2.45, 2.75) is 37.0 Å². The highest BCUT2D eigenvalue weighted by molar-refractivity contribution is 7.86. The molecule has 0 aromatic heterocycles. The number of hydrogen-bond donors (Lipinski definition) is 4. The predicted octanol–water partition coefficient (Wildman–Crippen LogP) is 2.48. The number of aliphatic hydroxyl groups is 2. The molecule has 1 atom stereocenters. The van der Waals surface area contributed by atoms with Crippen LogP contribution in [-0.4, -0.2) is 49.4 Å². The molecule has 0 aliphatic carbocycles. The summed E-state index contributed by atoms with van der Waals surface area (Å²) in [5.74, 6) is 0.255. The van der Waals surface area contributed by atoms with Crippen LogP contribution in [0.15, 0.2) is 58.3 Å². The molecular formula is C19H28O8S2. The quantitative estimate of drug-likeness (QED) is 0.510. The summed E-state index contributed by atoms with van der Waals surface area (Å²) in [5.41, 5.74) is 1.10. The van der Waals surface area contributed by atoms with Gasteiger partial charge in [-0.3, -0.25) is 9.11 Å². The van der Waals surface area contributed by atoms with Gasteiger partial charge in [0.25, 0.3) is 20.2 Å². The first-order valence-corrected chi connectivity index (χ1v) is 11.5. The third-order valence-corrected chi connectivity index (χ3v) is 5.70. The number of hydrogen-bond acceptors (Lipinski definition) is 6. The van der Waals surface area contributed by atoms with Gasteiger partial charge in [-0.05, 0) is 49.4 Å². The molecule has 10 heteroatoms. The summed E-state index contributed by atoms with van der Waals surface area (Å²) in [7, 11) is -8.07. The highest BCUT2D eigenvalue weighted by Crippen LogP contribution is 2.13. The zero-order valence-electron chi connectivity index (χ0n) is 16.6. The Morgan fingerprint density at radius 3 is 1.28 bits per heavy atom. The molecule has 4 N–H and O–H groups in total. The van der Waals surface area contributed by atoms with Crippen molar-refractivity contribution in [3.05, 3.63) is 59.7 Å². The van der Waals surface area contributed by atoms with Crippen LogP contribution >= 0.6 is 0 Å².